The number of anilines is 1. The summed E-state index contributed by atoms with van der Waals surface area (Å²) >= 11 is 7.56. The van der Waals surface area contributed by atoms with Crippen molar-refractivity contribution in [3.05, 3.63) is 51.0 Å². The number of halogens is 1. The Morgan fingerprint density at radius 1 is 1.28 bits per heavy atom. The van der Waals surface area contributed by atoms with E-state index >= 15 is 0 Å². The molecule has 1 amide bonds. The van der Waals surface area contributed by atoms with Gasteiger partial charge in [-0.05, 0) is 11.6 Å². The summed E-state index contributed by atoms with van der Waals surface area (Å²) in [6, 6.07) is 8.01. The number of rotatable bonds is 7. The van der Waals surface area contributed by atoms with Crippen LogP contribution in [0.2, 0.25) is 5.02 Å². The predicted octanol–water partition coefficient (Wildman–Crippen LogP) is 4.29. The summed E-state index contributed by atoms with van der Waals surface area (Å²) in [5, 5.41) is 14.2. The molecule has 1 heterocycles. The van der Waals surface area contributed by atoms with E-state index in [1.54, 1.807) is 24.3 Å². The molecule has 0 fully saturated rings. The van der Waals surface area contributed by atoms with Crippen LogP contribution >= 0.6 is 23.4 Å². The van der Waals surface area contributed by atoms with Gasteiger partial charge in [0, 0.05) is 30.4 Å². The largest absolute Gasteiger partial charge is 0.490 e. The maximum Gasteiger partial charge on any atom is 0.311 e. The molecule has 1 aliphatic rings. The topological polar surface area (TPSA) is 99.9 Å². The zero-order valence-corrected chi connectivity index (χ0v) is 17.2. The van der Waals surface area contributed by atoms with E-state index in [1.807, 2.05) is 0 Å². The average Bonchev–Trinajstić information content (AvgIpc) is 2.93. The molecule has 0 aromatic heterocycles. The van der Waals surface area contributed by atoms with Gasteiger partial charge < -0.3 is 19.5 Å². The van der Waals surface area contributed by atoms with Gasteiger partial charge in [0.1, 0.15) is 0 Å². The van der Waals surface area contributed by atoms with Crippen LogP contribution < -0.4 is 19.5 Å². The van der Waals surface area contributed by atoms with Gasteiger partial charge in [0.05, 0.1) is 41.7 Å². The van der Waals surface area contributed by atoms with Gasteiger partial charge in [-0.3, -0.25) is 14.9 Å². The quantitative estimate of drug-likeness (QED) is 0.508. The summed E-state index contributed by atoms with van der Waals surface area (Å²) in [6.45, 7) is 1.08. The van der Waals surface area contributed by atoms with E-state index in [-0.39, 0.29) is 23.1 Å². The van der Waals surface area contributed by atoms with Crippen molar-refractivity contribution in [3.8, 4) is 17.2 Å². The summed E-state index contributed by atoms with van der Waals surface area (Å²) < 4.78 is 16.2. The highest BCUT2D eigenvalue weighted by Crippen LogP contribution is 2.37. The molecule has 2 aromatic carbocycles. The number of hydrogen-bond donors (Lipinski definition) is 1. The average molecular weight is 439 g/mol. The first-order chi connectivity index (χ1) is 14.0. The van der Waals surface area contributed by atoms with Crippen molar-refractivity contribution in [1.82, 2.24) is 0 Å². The third kappa shape index (κ3) is 5.45. The molecule has 1 N–H and O–H groups in total. The molecule has 154 valence electrons. The van der Waals surface area contributed by atoms with E-state index in [1.165, 1.54) is 24.9 Å². The summed E-state index contributed by atoms with van der Waals surface area (Å²) in [5.41, 5.74) is 1.07. The normalized spacial score (nSPS) is 12.8. The number of methoxy groups -OCH3 is 1. The Bertz CT molecular complexity index is 924. The molecule has 0 spiro atoms. The van der Waals surface area contributed by atoms with Gasteiger partial charge in [0.25, 0.3) is 0 Å². The number of nitrogens with zero attached hydrogens (tertiary/aromatic N) is 1. The van der Waals surface area contributed by atoms with Crippen LogP contribution in [-0.4, -0.2) is 36.9 Å². The Hall–Kier alpha value is -2.65. The lowest BCUT2D eigenvalue weighted by Crippen LogP contribution is -2.14. The Labute approximate surface area is 176 Å². The summed E-state index contributed by atoms with van der Waals surface area (Å²) in [7, 11) is 1.38. The number of carbonyl (C=O) groups excluding carboxylic acids is 1. The number of benzene rings is 2. The molecule has 1 aliphatic heterocycles. The van der Waals surface area contributed by atoms with Crippen molar-refractivity contribution < 1.29 is 23.9 Å². The molecule has 0 unspecified atom stereocenters. The zero-order chi connectivity index (χ0) is 20.8. The first-order valence-electron chi connectivity index (χ1n) is 8.76. The maximum atomic E-state index is 12.3. The SMILES string of the molecule is COc1ccc(CSCC(=O)Nc2cc3c(cc2Cl)OCCCO3)cc1[N+](=O)[O-]. The Kier molecular flexibility index (Phi) is 7.05. The highest BCUT2D eigenvalue weighted by Gasteiger charge is 2.17. The van der Waals surface area contributed by atoms with Gasteiger partial charge in [-0.1, -0.05) is 17.7 Å². The Morgan fingerprint density at radius 2 is 2.00 bits per heavy atom. The van der Waals surface area contributed by atoms with E-state index in [0.717, 1.165) is 12.0 Å². The van der Waals surface area contributed by atoms with Gasteiger partial charge in [0.15, 0.2) is 17.2 Å². The van der Waals surface area contributed by atoms with Crippen LogP contribution in [0.3, 0.4) is 0 Å². The van der Waals surface area contributed by atoms with E-state index in [9.17, 15) is 14.9 Å². The summed E-state index contributed by atoms with van der Waals surface area (Å²) in [6.07, 6.45) is 0.772. The molecular formula is C19H19ClN2O6S. The van der Waals surface area contributed by atoms with Crippen LogP contribution in [0.4, 0.5) is 11.4 Å². The molecule has 10 heteroatoms. The lowest BCUT2D eigenvalue weighted by atomic mass is 10.2. The van der Waals surface area contributed by atoms with Crippen LogP contribution in [-0.2, 0) is 10.5 Å². The van der Waals surface area contributed by atoms with Crippen molar-refractivity contribution in [2.75, 3.05) is 31.4 Å². The molecule has 0 radical (unpaired) electrons. The third-order valence-corrected chi connectivity index (χ3v) is 5.37. The van der Waals surface area contributed by atoms with Gasteiger partial charge in [-0.25, -0.2) is 0 Å². The van der Waals surface area contributed by atoms with E-state index < -0.39 is 4.92 Å². The van der Waals surface area contributed by atoms with Gasteiger partial charge >= 0.3 is 5.69 Å². The molecular weight excluding hydrogens is 420 g/mol. The summed E-state index contributed by atoms with van der Waals surface area (Å²) in [4.78, 5) is 22.9. The highest BCUT2D eigenvalue weighted by molar-refractivity contribution is 7.99. The Balaban J connectivity index is 1.57. The number of nitro benzene ring substituents is 1. The predicted molar refractivity (Wildman–Crippen MR) is 111 cm³/mol. The van der Waals surface area contributed by atoms with Gasteiger partial charge in [0.2, 0.25) is 5.91 Å². The second-order valence-corrected chi connectivity index (χ2v) is 7.53. The number of nitrogens with one attached hydrogen (secondary N) is 1. The second-order valence-electron chi connectivity index (χ2n) is 6.13. The molecule has 0 saturated heterocycles. The molecule has 0 aliphatic carbocycles. The van der Waals surface area contributed by atoms with Crippen molar-refractivity contribution >= 4 is 40.6 Å². The van der Waals surface area contributed by atoms with Crippen molar-refractivity contribution in [2.24, 2.45) is 0 Å². The number of amides is 1. The van der Waals surface area contributed by atoms with E-state index in [0.29, 0.717) is 41.2 Å². The minimum absolute atomic E-state index is 0.103. The Morgan fingerprint density at radius 3 is 2.69 bits per heavy atom. The van der Waals surface area contributed by atoms with Crippen LogP contribution in [0.25, 0.3) is 0 Å². The number of fused-ring (bicyclic) bond motifs is 1. The smallest absolute Gasteiger partial charge is 0.311 e. The zero-order valence-electron chi connectivity index (χ0n) is 15.6. The lowest BCUT2D eigenvalue weighted by Gasteiger charge is -2.12. The second kappa shape index (κ2) is 9.71. The molecule has 29 heavy (non-hydrogen) atoms. The minimum Gasteiger partial charge on any atom is -0.490 e. The van der Waals surface area contributed by atoms with Crippen LogP contribution in [0.1, 0.15) is 12.0 Å². The van der Waals surface area contributed by atoms with Crippen LogP contribution in [0.5, 0.6) is 17.2 Å². The highest BCUT2D eigenvalue weighted by atomic mass is 35.5. The third-order valence-electron chi connectivity index (χ3n) is 4.05. The van der Waals surface area contributed by atoms with Crippen LogP contribution in [0.15, 0.2) is 30.3 Å². The minimum atomic E-state index is -0.494. The first kappa shape index (κ1) is 21.1. The molecule has 0 bridgehead atoms. The van der Waals surface area contributed by atoms with Crippen molar-refractivity contribution in [2.45, 2.75) is 12.2 Å². The standard InChI is InChI=1S/C19H19ClN2O6S/c1-26-16-4-3-12(7-15(16)22(24)25)10-29-11-19(23)21-14-9-18-17(8-13(14)20)27-5-2-6-28-18/h3-4,7-9H,2,5-6,10-11H2,1H3,(H,21,23). The number of thioether (sulfide) groups is 1. The number of carbonyl (C=O) groups is 1. The van der Waals surface area contributed by atoms with Crippen molar-refractivity contribution in [1.29, 1.82) is 0 Å². The summed E-state index contributed by atoms with van der Waals surface area (Å²) in [5.74, 6) is 1.65. The van der Waals surface area contributed by atoms with Crippen molar-refractivity contribution in [3.63, 3.8) is 0 Å². The van der Waals surface area contributed by atoms with Gasteiger partial charge in [-0.2, -0.15) is 0 Å². The maximum absolute atomic E-state index is 12.3. The number of hydrogen-bond acceptors (Lipinski definition) is 7. The number of nitro groups is 1. The van der Waals surface area contributed by atoms with E-state index in [2.05, 4.69) is 5.32 Å². The molecule has 0 saturated carbocycles. The van der Waals surface area contributed by atoms with Crippen LogP contribution in [0, 0.1) is 10.1 Å². The number of ether oxygens (including phenoxy) is 3. The fourth-order valence-corrected chi connectivity index (χ4v) is 3.67. The fraction of sp³-hybridized carbons (Fsp3) is 0.316. The monoisotopic (exact) mass is 438 g/mol. The lowest BCUT2D eigenvalue weighted by molar-refractivity contribution is -0.385. The van der Waals surface area contributed by atoms with Gasteiger partial charge in [-0.15, -0.1) is 11.8 Å². The molecule has 2 aromatic rings. The fourth-order valence-electron chi connectivity index (χ4n) is 2.70. The van der Waals surface area contributed by atoms with E-state index in [4.69, 9.17) is 25.8 Å². The molecule has 3 rings (SSSR count). The first-order valence-corrected chi connectivity index (χ1v) is 10.3. The molecule has 0 atom stereocenters. The molecule has 8 nitrogen and oxygen atoms in total.